The highest BCUT2D eigenvalue weighted by atomic mass is 28.4. The Morgan fingerprint density at radius 3 is 2.47 bits per heavy atom. The monoisotopic (exact) mass is 459 g/mol. The summed E-state index contributed by atoms with van der Waals surface area (Å²) in [6.45, 7) is 18.0. The molecule has 7 heteroatoms. The number of carbonyl (C=O) groups excluding carboxylic acids is 1. The van der Waals surface area contributed by atoms with Crippen LogP contribution in [-0.2, 0) is 9.16 Å². The van der Waals surface area contributed by atoms with Crippen LogP contribution in [0.4, 0.5) is 4.79 Å². The Balaban J connectivity index is 2.02. The molecular formula is C25H41N3O3Si. The van der Waals surface area contributed by atoms with Gasteiger partial charge < -0.3 is 24.8 Å². The van der Waals surface area contributed by atoms with Crippen LogP contribution < -0.4 is 5.73 Å². The number of rotatable bonds is 5. The molecule has 1 aliphatic rings. The molecule has 2 aromatic rings. The summed E-state index contributed by atoms with van der Waals surface area (Å²) in [6.07, 6.45) is 2.46. The van der Waals surface area contributed by atoms with E-state index in [1.54, 1.807) is 0 Å². The molecule has 1 aliphatic heterocycles. The number of aromatic amines is 1. The lowest BCUT2D eigenvalue weighted by atomic mass is 9.88. The molecule has 2 heterocycles. The normalized spacial score (nSPS) is 21.2. The van der Waals surface area contributed by atoms with Gasteiger partial charge in [-0.05, 0) is 57.0 Å². The summed E-state index contributed by atoms with van der Waals surface area (Å²) >= 11 is 0. The number of ether oxygens (including phenoxy) is 1. The number of hydrogen-bond acceptors (Lipinski definition) is 4. The fraction of sp³-hybridized carbons (Fsp3) is 0.640. The maximum absolute atomic E-state index is 13.2. The average Bonchev–Trinajstić information content (AvgIpc) is 3.25. The van der Waals surface area contributed by atoms with Crippen molar-refractivity contribution in [3.63, 3.8) is 0 Å². The number of H-pyrrole nitrogens is 1. The van der Waals surface area contributed by atoms with Gasteiger partial charge in [-0.3, -0.25) is 0 Å². The Kier molecular flexibility index (Phi) is 6.85. The quantitative estimate of drug-likeness (QED) is 0.570. The second kappa shape index (κ2) is 8.84. The Morgan fingerprint density at radius 1 is 1.22 bits per heavy atom. The van der Waals surface area contributed by atoms with E-state index in [1.165, 1.54) is 0 Å². The zero-order valence-electron chi connectivity index (χ0n) is 21.0. The molecule has 1 amide bonds. The number of carbonyl (C=O) groups is 1. The fourth-order valence-electron chi connectivity index (χ4n) is 4.33. The topological polar surface area (TPSA) is 80.6 Å². The molecule has 1 saturated heterocycles. The molecule has 1 aromatic carbocycles. The van der Waals surface area contributed by atoms with E-state index < -0.39 is 13.9 Å². The summed E-state index contributed by atoms with van der Waals surface area (Å²) in [4.78, 5) is 18.5. The Hall–Kier alpha value is -1.83. The summed E-state index contributed by atoms with van der Waals surface area (Å²) in [7, 11) is -2.05. The standard InChI is InChI=1S/C25H41N3O3Si/c1-24(2,3)30-23(29)28-14-13-21(31-32(7,8)25(4,5)6)22(28)18(15-26)19-16-27-20-12-10-9-11-17(19)20/h9-12,16,18,21-22,27H,13-15,26H2,1-8H3/t18-,21+,22-/m1/s1. The first kappa shape index (κ1) is 24.8. The minimum atomic E-state index is -2.05. The van der Waals surface area contributed by atoms with Gasteiger partial charge in [0, 0.05) is 36.1 Å². The lowest BCUT2D eigenvalue weighted by Gasteiger charge is -2.42. The van der Waals surface area contributed by atoms with E-state index in [0.29, 0.717) is 13.1 Å². The Bertz CT molecular complexity index is 942. The number of amides is 1. The summed E-state index contributed by atoms with van der Waals surface area (Å²) in [5.74, 6) is -0.0593. The van der Waals surface area contributed by atoms with Crippen LogP contribution in [0.2, 0.25) is 18.1 Å². The number of nitrogens with two attached hydrogens (primary N) is 1. The number of likely N-dealkylation sites (tertiary alicyclic amines) is 1. The van der Waals surface area contributed by atoms with E-state index in [1.807, 2.05) is 44.0 Å². The van der Waals surface area contributed by atoms with Crippen LogP contribution in [0, 0.1) is 0 Å². The highest BCUT2D eigenvalue weighted by molar-refractivity contribution is 6.74. The number of para-hydroxylation sites is 1. The third kappa shape index (κ3) is 5.05. The molecule has 32 heavy (non-hydrogen) atoms. The minimum Gasteiger partial charge on any atom is -0.444 e. The highest BCUT2D eigenvalue weighted by Gasteiger charge is 2.48. The van der Waals surface area contributed by atoms with Gasteiger partial charge in [-0.1, -0.05) is 39.0 Å². The van der Waals surface area contributed by atoms with Gasteiger partial charge in [-0.25, -0.2) is 4.79 Å². The molecule has 0 unspecified atom stereocenters. The van der Waals surface area contributed by atoms with Gasteiger partial charge >= 0.3 is 6.09 Å². The van der Waals surface area contributed by atoms with Crippen molar-refractivity contribution < 1.29 is 14.0 Å². The van der Waals surface area contributed by atoms with Gasteiger partial charge in [0.05, 0.1) is 12.1 Å². The van der Waals surface area contributed by atoms with Crippen LogP contribution in [0.1, 0.15) is 59.4 Å². The fourth-order valence-corrected chi connectivity index (χ4v) is 5.70. The molecule has 0 saturated carbocycles. The first-order chi connectivity index (χ1) is 14.7. The van der Waals surface area contributed by atoms with E-state index in [0.717, 1.165) is 22.9 Å². The van der Waals surface area contributed by atoms with Crippen LogP contribution in [-0.4, -0.2) is 55.1 Å². The smallest absolute Gasteiger partial charge is 0.410 e. The molecule has 1 fully saturated rings. The molecule has 0 radical (unpaired) electrons. The third-order valence-electron chi connectivity index (χ3n) is 6.96. The molecule has 3 atom stereocenters. The van der Waals surface area contributed by atoms with Crippen LogP contribution in [0.3, 0.4) is 0 Å². The minimum absolute atomic E-state index is 0.0593. The van der Waals surface area contributed by atoms with Crippen molar-refractivity contribution in [3.8, 4) is 0 Å². The van der Waals surface area contributed by atoms with Gasteiger partial charge in [-0.15, -0.1) is 0 Å². The van der Waals surface area contributed by atoms with Crippen molar-refractivity contribution in [3.05, 3.63) is 36.0 Å². The van der Waals surface area contributed by atoms with Crippen molar-refractivity contribution in [1.29, 1.82) is 0 Å². The zero-order chi connectivity index (χ0) is 23.9. The van der Waals surface area contributed by atoms with Gasteiger partial charge in [-0.2, -0.15) is 0 Å². The first-order valence-corrected chi connectivity index (χ1v) is 14.6. The second-order valence-electron chi connectivity index (χ2n) is 11.5. The number of hydrogen-bond donors (Lipinski definition) is 2. The molecule has 3 N–H and O–H groups in total. The Labute approximate surface area is 194 Å². The zero-order valence-corrected chi connectivity index (χ0v) is 22.0. The molecule has 0 bridgehead atoms. The number of benzene rings is 1. The number of nitrogens with zero attached hydrogens (tertiary/aromatic N) is 1. The lowest BCUT2D eigenvalue weighted by molar-refractivity contribution is 0.0132. The molecule has 0 spiro atoms. The number of fused-ring (bicyclic) bond motifs is 1. The molecular weight excluding hydrogens is 418 g/mol. The van der Waals surface area contributed by atoms with E-state index >= 15 is 0 Å². The summed E-state index contributed by atoms with van der Waals surface area (Å²) in [6, 6.07) is 8.06. The Morgan fingerprint density at radius 2 is 1.88 bits per heavy atom. The first-order valence-electron chi connectivity index (χ1n) is 11.7. The lowest BCUT2D eigenvalue weighted by Crippen LogP contribution is -2.52. The van der Waals surface area contributed by atoms with Crippen molar-refractivity contribution in [1.82, 2.24) is 9.88 Å². The molecule has 0 aliphatic carbocycles. The van der Waals surface area contributed by atoms with Crippen LogP contribution in [0.25, 0.3) is 10.9 Å². The van der Waals surface area contributed by atoms with Gasteiger partial charge in [0.15, 0.2) is 8.32 Å². The van der Waals surface area contributed by atoms with E-state index in [2.05, 4.69) is 51.0 Å². The van der Waals surface area contributed by atoms with Crippen molar-refractivity contribution in [2.75, 3.05) is 13.1 Å². The predicted octanol–water partition coefficient (Wildman–Crippen LogP) is 5.61. The van der Waals surface area contributed by atoms with E-state index in [4.69, 9.17) is 14.9 Å². The van der Waals surface area contributed by atoms with Crippen molar-refractivity contribution in [2.24, 2.45) is 5.73 Å². The third-order valence-corrected chi connectivity index (χ3v) is 11.5. The van der Waals surface area contributed by atoms with Crippen LogP contribution in [0.5, 0.6) is 0 Å². The van der Waals surface area contributed by atoms with E-state index in [9.17, 15) is 4.79 Å². The maximum Gasteiger partial charge on any atom is 0.410 e. The SMILES string of the molecule is CC(C)(C)OC(=O)N1CC[C@H](O[Si](C)(C)C(C)(C)C)[C@H]1[C@H](CN)c1c[nH]c2ccccc12. The van der Waals surface area contributed by atoms with Gasteiger partial charge in [0.25, 0.3) is 0 Å². The number of nitrogens with one attached hydrogen (secondary N) is 1. The van der Waals surface area contributed by atoms with Crippen molar-refractivity contribution in [2.45, 2.75) is 89.8 Å². The second-order valence-corrected chi connectivity index (χ2v) is 16.3. The predicted molar refractivity (Wildman–Crippen MR) is 134 cm³/mol. The highest BCUT2D eigenvalue weighted by Crippen LogP contribution is 2.42. The maximum atomic E-state index is 13.2. The molecule has 6 nitrogen and oxygen atoms in total. The average molecular weight is 460 g/mol. The van der Waals surface area contributed by atoms with Crippen molar-refractivity contribution >= 4 is 25.3 Å². The van der Waals surface area contributed by atoms with Gasteiger partial charge in [0.2, 0.25) is 0 Å². The summed E-state index contributed by atoms with van der Waals surface area (Å²) < 4.78 is 12.7. The summed E-state index contributed by atoms with van der Waals surface area (Å²) in [5.41, 5.74) is 8.05. The molecule has 1 aromatic heterocycles. The van der Waals surface area contributed by atoms with Crippen LogP contribution >= 0.6 is 0 Å². The largest absolute Gasteiger partial charge is 0.444 e. The van der Waals surface area contributed by atoms with Gasteiger partial charge in [0.1, 0.15) is 5.60 Å². The molecule has 178 valence electrons. The number of aromatic nitrogens is 1. The summed E-state index contributed by atoms with van der Waals surface area (Å²) in [5, 5.41) is 1.22. The molecule has 3 rings (SSSR count). The van der Waals surface area contributed by atoms with Crippen LogP contribution in [0.15, 0.2) is 30.5 Å². The van der Waals surface area contributed by atoms with E-state index in [-0.39, 0.29) is 29.2 Å².